The van der Waals surface area contributed by atoms with Gasteiger partial charge in [-0.1, -0.05) is 51.6 Å². The summed E-state index contributed by atoms with van der Waals surface area (Å²) in [5, 5.41) is 11.7. The Kier molecular flexibility index (Phi) is 4.70. The van der Waals surface area contributed by atoms with Crippen LogP contribution in [0.25, 0.3) is 11.3 Å². The van der Waals surface area contributed by atoms with Crippen molar-refractivity contribution in [2.24, 2.45) is 5.16 Å². The van der Waals surface area contributed by atoms with Gasteiger partial charge in [0.05, 0.1) is 20.8 Å². The molecule has 2 rings (SSSR count). The summed E-state index contributed by atoms with van der Waals surface area (Å²) in [6.45, 7) is 0. The van der Waals surface area contributed by atoms with Crippen molar-refractivity contribution >= 4 is 51.6 Å². The third kappa shape index (κ3) is 2.99. The zero-order valence-corrected chi connectivity index (χ0v) is 12.6. The van der Waals surface area contributed by atoms with Crippen LogP contribution in [0.15, 0.2) is 29.6 Å². The van der Waals surface area contributed by atoms with Gasteiger partial charge >= 0.3 is 0 Å². The van der Waals surface area contributed by atoms with Gasteiger partial charge in [0.2, 0.25) is 0 Å². The molecule has 0 fully saturated rings. The van der Waals surface area contributed by atoms with Gasteiger partial charge in [-0.05, 0) is 18.2 Å². The second-order valence-electron chi connectivity index (χ2n) is 3.69. The Morgan fingerprint density at radius 2 is 1.85 bits per heavy atom. The van der Waals surface area contributed by atoms with Crippen LogP contribution < -0.4 is 0 Å². The van der Waals surface area contributed by atoms with Gasteiger partial charge in [0, 0.05) is 17.3 Å². The molecule has 20 heavy (non-hydrogen) atoms. The number of halogens is 5. The maximum absolute atomic E-state index is 14.0. The van der Waals surface area contributed by atoms with Crippen molar-refractivity contribution in [1.82, 2.24) is 4.98 Å². The topological polar surface area (TPSA) is 45.5 Å². The van der Waals surface area contributed by atoms with Crippen LogP contribution in [0.3, 0.4) is 0 Å². The Morgan fingerprint density at radius 3 is 2.45 bits per heavy atom. The summed E-state index contributed by atoms with van der Waals surface area (Å²) >= 11 is 23.2. The summed E-state index contributed by atoms with van der Waals surface area (Å²) in [6.07, 6.45) is 1.33. The van der Waals surface area contributed by atoms with Gasteiger partial charge in [-0.25, -0.2) is 4.39 Å². The highest BCUT2D eigenvalue weighted by Crippen LogP contribution is 2.33. The van der Waals surface area contributed by atoms with Crippen LogP contribution in [0.5, 0.6) is 0 Å². The van der Waals surface area contributed by atoms with E-state index in [9.17, 15) is 4.39 Å². The molecular weight excluding hydrogens is 349 g/mol. The van der Waals surface area contributed by atoms with Crippen molar-refractivity contribution in [1.29, 1.82) is 0 Å². The minimum absolute atomic E-state index is 0.000800. The molecule has 0 aliphatic rings. The molecule has 104 valence electrons. The Hall–Kier alpha value is -1.07. The highest BCUT2D eigenvalue weighted by Gasteiger charge is 2.16. The summed E-state index contributed by atoms with van der Waals surface area (Å²) < 4.78 is 14.0. The second kappa shape index (κ2) is 6.14. The van der Waals surface area contributed by atoms with Gasteiger partial charge in [-0.3, -0.25) is 4.98 Å². The van der Waals surface area contributed by atoms with Crippen molar-refractivity contribution < 1.29 is 9.60 Å². The maximum Gasteiger partial charge on any atom is 0.176 e. The standard InChI is InChI=1S/C12H5Cl4FN2O/c13-5-1-9(15)11(18-4-5)7-2-6(12(16)19-20)8(14)3-10(7)17/h1-4,20H/b19-12-. The quantitative estimate of drug-likeness (QED) is 0.457. The van der Waals surface area contributed by atoms with Crippen LogP contribution in [-0.4, -0.2) is 15.4 Å². The fourth-order valence-electron chi connectivity index (χ4n) is 1.56. The first kappa shape index (κ1) is 15.3. The number of hydrogen-bond donors (Lipinski definition) is 1. The molecule has 0 saturated carbocycles. The molecule has 0 amide bonds. The van der Waals surface area contributed by atoms with Gasteiger partial charge in [0.1, 0.15) is 5.82 Å². The van der Waals surface area contributed by atoms with E-state index in [0.29, 0.717) is 5.02 Å². The van der Waals surface area contributed by atoms with Crippen molar-refractivity contribution in [2.75, 3.05) is 0 Å². The smallest absolute Gasteiger partial charge is 0.176 e. The zero-order valence-electron chi connectivity index (χ0n) is 9.54. The van der Waals surface area contributed by atoms with E-state index in [1.54, 1.807) is 0 Å². The van der Waals surface area contributed by atoms with Crippen LogP contribution in [0.4, 0.5) is 4.39 Å². The molecule has 0 radical (unpaired) electrons. The lowest BCUT2D eigenvalue weighted by Gasteiger charge is -2.09. The van der Waals surface area contributed by atoms with Crippen molar-refractivity contribution in [2.45, 2.75) is 0 Å². The molecule has 1 heterocycles. The Labute approximate surface area is 133 Å². The van der Waals surface area contributed by atoms with Crippen LogP contribution in [0.2, 0.25) is 15.1 Å². The number of benzene rings is 1. The minimum atomic E-state index is -0.641. The van der Waals surface area contributed by atoms with Crippen molar-refractivity contribution in [3.63, 3.8) is 0 Å². The molecule has 1 aromatic heterocycles. The number of nitrogens with zero attached hydrogens (tertiary/aromatic N) is 2. The van der Waals surface area contributed by atoms with Gasteiger partial charge < -0.3 is 5.21 Å². The predicted octanol–water partition coefficient (Wildman–Crippen LogP) is 5.22. The molecule has 0 unspecified atom stereocenters. The van der Waals surface area contributed by atoms with E-state index in [-0.39, 0.29) is 32.0 Å². The lowest BCUT2D eigenvalue weighted by atomic mass is 10.1. The first-order valence-electron chi connectivity index (χ1n) is 5.12. The second-order valence-corrected chi connectivity index (χ2v) is 5.30. The van der Waals surface area contributed by atoms with Crippen LogP contribution >= 0.6 is 46.4 Å². The first-order chi connectivity index (χ1) is 9.43. The lowest BCUT2D eigenvalue weighted by molar-refractivity contribution is 0.321. The summed E-state index contributed by atoms with van der Waals surface area (Å²) in [6, 6.07) is 3.76. The monoisotopic (exact) mass is 352 g/mol. The van der Waals surface area contributed by atoms with Crippen LogP contribution in [0.1, 0.15) is 5.56 Å². The van der Waals surface area contributed by atoms with Gasteiger partial charge in [-0.2, -0.15) is 0 Å². The van der Waals surface area contributed by atoms with E-state index in [1.807, 2.05) is 0 Å². The van der Waals surface area contributed by atoms with Gasteiger partial charge in [0.25, 0.3) is 0 Å². The number of oxime groups is 1. The van der Waals surface area contributed by atoms with Gasteiger partial charge in [0.15, 0.2) is 5.17 Å². The molecule has 0 saturated heterocycles. The van der Waals surface area contributed by atoms with E-state index < -0.39 is 5.82 Å². The zero-order chi connectivity index (χ0) is 14.9. The summed E-state index contributed by atoms with van der Waals surface area (Å²) in [5.74, 6) is -0.641. The van der Waals surface area contributed by atoms with E-state index in [1.165, 1.54) is 18.3 Å². The summed E-state index contributed by atoms with van der Waals surface area (Å²) in [4.78, 5) is 3.97. The normalized spacial score (nSPS) is 11.8. The molecule has 0 spiro atoms. The Balaban J connectivity index is 2.68. The highest BCUT2D eigenvalue weighted by molar-refractivity contribution is 6.70. The number of hydrogen-bond acceptors (Lipinski definition) is 3. The molecule has 2 aromatic rings. The molecule has 8 heteroatoms. The largest absolute Gasteiger partial charge is 0.410 e. The van der Waals surface area contributed by atoms with E-state index >= 15 is 0 Å². The molecule has 0 atom stereocenters. The molecule has 0 aliphatic heterocycles. The fraction of sp³-hybridized carbons (Fsp3) is 0. The molecule has 0 bridgehead atoms. The number of rotatable bonds is 2. The molecular formula is C12H5Cl4FN2O. The van der Waals surface area contributed by atoms with Crippen LogP contribution in [0, 0.1) is 5.82 Å². The van der Waals surface area contributed by atoms with E-state index in [0.717, 1.165) is 6.07 Å². The Bertz CT molecular complexity index is 706. The first-order valence-corrected chi connectivity index (χ1v) is 6.63. The maximum atomic E-state index is 14.0. The predicted molar refractivity (Wildman–Crippen MR) is 78.8 cm³/mol. The number of aromatic nitrogens is 1. The third-order valence-corrected chi connectivity index (χ3v) is 3.52. The van der Waals surface area contributed by atoms with E-state index in [4.69, 9.17) is 51.6 Å². The molecule has 3 nitrogen and oxygen atoms in total. The average molecular weight is 354 g/mol. The Morgan fingerprint density at radius 1 is 1.15 bits per heavy atom. The van der Waals surface area contributed by atoms with E-state index in [2.05, 4.69) is 10.1 Å². The lowest BCUT2D eigenvalue weighted by Crippen LogP contribution is -1.97. The highest BCUT2D eigenvalue weighted by atomic mass is 35.5. The van der Waals surface area contributed by atoms with Crippen LogP contribution in [-0.2, 0) is 0 Å². The fourth-order valence-corrected chi connectivity index (χ4v) is 2.48. The van der Waals surface area contributed by atoms with Crippen molar-refractivity contribution in [3.8, 4) is 11.3 Å². The summed E-state index contributed by atoms with van der Waals surface area (Å²) in [5.41, 5.74) is 0.391. The molecule has 1 N–H and O–H groups in total. The average Bonchev–Trinajstić information content (AvgIpc) is 2.39. The third-order valence-electron chi connectivity index (χ3n) is 2.43. The molecule has 1 aromatic carbocycles. The number of pyridine rings is 1. The summed E-state index contributed by atoms with van der Waals surface area (Å²) in [7, 11) is 0. The molecule has 0 aliphatic carbocycles. The van der Waals surface area contributed by atoms with Gasteiger partial charge in [-0.15, -0.1) is 0 Å². The van der Waals surface area contributed by atoms with Crippen molar-refractivity contribution in [3.05, 3.63) is 50.8 Å². The minimum Gasteiger partial charge on any atom is -0.410 e. The SMILES string of the molecule is O/N=C(\Cl)c1cc(-c2ncc(Cl)cc2Cl)c(F)cc1Cl.